The van der Waals surface area contributed by atoms with Crippen LogP contribution < -0.4 is 11.1 Å². The van der Waals surface area contributed by atoms with Crippen LogP contribution in [0.25, 0.3) is 11.3 Å². The Kier molecular flexibility index (Phi) is 13.2. The number of ketones is 1. The lowest BCUT2D eigenvalue weighted by Gasteiger charge is -2.42. The fraction of sp³-hybridized carbons (Fsp3) is 0.703. The summed E-state index contributed by atoms with van der Waals surface area (Å²) in [5.41, 5.74) is 6.55. The first-order valence-electron chi connectivity index (χ1n) is 18.5. The number of hydrogen-bond donors (Lipinski definition) is 2. The second-order valence-corrected chi connectivity index (χ2v) is 15.1. The van der Waals surface area contributed by atoms with Crippen LogP contribution >= 0.6 is 0 Å². The van der Waals surface area contributed by atoms with Crippen molar-refractivity contribution in [3.63, 3.8) is 0 Å². The highest BCUT2D eigenvalue weighted by Gasteiger charge is 2.59. The predicted molar refractivity (Wildman–Crippen MR) is 196 cm³/mol. The van der Waals surface area contributed by atoms with Crippen LogP contribution in [0.5, 0.6) is 0 Å². The van der Waals surface area contributed by atoms with Gasteiger partial charge in [-0.25, -0.2) is 4.79 Å². The monoisotopic (exact) mass is 694 g/mol. The molecule has 1 aromatic heterocycles. The van der Waals surface area contributed by atoms with Gasteiger partial charge in [0.15, 0.2) is 5.60 Å². The standard InChI is InChI=1S/C37H59BN6O6/c1-9-14-28-33-37(7,50-35(47)44(33)18-12-11-17-43-22-29(41-42-43)26-15-13-16-27(39)19-26)30(10-2)49-34(46)25(5)31(45)24(4)32(38)36(6,48-8)20-23(3)21-40-28/h13,15-16,19,22-25,28,30,32-33,40H,9-12,14,17-18,20-21,38-39H2,1-8H3/t23-,24+,25-,28-,30-,32-,33-,36-,37-/m1/s1. The Bertz CT molecular complexity index is 1470. The summed E-state index contributed by atoms with van der Waals surface area (Å²) in [6.45, 7) is 15.4. The Hall–Kier alpha value is -3.45. The summed E-state index contributed by atoms with van der Waals surface area (Å²) in [6.07, 6.45) is 5.01. The summed E-state index contributed by atoms with van der Waals surface area (Å²) in [7, 11) is 3.72. The first kappa shape index (κ1) is 39.3. The number of aryl methyl sites for hydroxylation is 1. The number of rotatable bonds is 10. The number of Topliss-reactive ketones (excluding diaryl/α,β-unsaturated/α-hetero) is 1. The van der Waals surface area contributed by atoms with Crippen LogP contribution in [-0.2, 0) is 30.3 Å². The number of nitrogen functional groups attached to an aromatic ring is 1. The molecule has 1 aromatic carbocycles. The fourth-order valence-corrected chi connectivity index (χ4v) is 8.02. The second-order valence-electron chi connectivity index (χ2n) is 15.1. The topological polar surface area (TPSA) is 151 Å². The van der Waals surface area contributed by atoms with E-state index in [-0.39, 0.29) is 23.6 Å². The van der Waals surface area contributed by atoms with Gasteiger partial charge in [-0.1, -0.05) is 51.5 Å². The Morgan fingerprint density at radius 3 is 2.50 bits per heavy atom. The maximum atomic E-state index is 13.8. The largest absolute Gasteiger partial charge is 0.458 e. The van der Waals surface area contributed by atoms with E-state index in [1.54, 1.807) is 14.0 Å². The predicted octanol–water partition coefficient (Wildman–Crippen LogP) is 4.67. The number of benzene rings is 1. The maximum absolute atomic E-state index is 13.8. The van der Waals surface area contributed by atoms with Crippen molar-refractivity contribution >= 4 is 31.4 Å². The average Bonchev–Trinajstić information content (AvgIpc) is 3.67. The molecule has 2 saturated heterocycles. The molecular weight excluding hydrogens is 635 g/mol. The number of amides is 1. The molecule has 50 heavy (non-hydrogen) atoms. The number of methoxy groups -OCH3 is 1. The number of carbonyl (C=O) groups is 3. The quantitative estimate of drug-likeness (QED) is 0.118. The van der Waals surface area contributed by atoms with Crippen molar-refractivity contribution in [1.82, 2.24) is 25.2 Å². The third kappa shape index (κ3) is 8.53. The van der Waals surface area contributed by atoms with Gasteiger partial charge in [-0.2, -0.15) is 0 Å². The van der Waals surface area contributed by atoms with Gasteiger partial charge in [0.1, 0.15) is 31.3 Å². The molecule has 1 amide bonds. The van der Waals surface area contributed by atoms with Crippen molar-refractivity contribution in [1.29, 1.82) is 0 Å². The van der Waals surface area contributed by atoms with Crippen molar-refractivity contribution in [2.24, 2.45) is 17.8 Å². The lowest BCUT2D eigenvalue weighted by molar-refractivity contribution is -0.170. The van der Waals surface area contributed by atoms with E-state index in [9.17, 15) is 14.4 Å². The molecule has 4 rings (SSSR count). The van der Waals surface area contributed by atoms with E-state index >= 15 is 0 Å². The molecule has 0 radical (unpaired) electrons. The number of unbranched alkanes of at least 4 members (excludes halogenated alkanes) is 1. The zero-order valence-corrected chi connectivity index (χ0v) is 31.6. The van der Waals surface area contributed by atoms with Crippen molar-refractivity contribution in [3.05, 3.63) is 30.5 Å². The molecule has 2 aromatic rings. The molecule has 2 aliphatic heterocycles. The smallest absolute Gasteiger partial charge is 0.410 e. The molecule has 2 aliphatic rings. The van der Waals surface area contributed by atoms with E-state index in [0.717, 1.165) is 30.5 Å². The molecule has 0 aliphatic carbocycles. The normalized spacial score (nSPS) is 32.9. The fourth-order valence-electron chi connectivity index (χ4n) is 8.02. The van der Waals surface area contributed by atoms with E-state index in [1.165, 1.54) is 0 Å². The van der Waals surface area contributed by atoms with Crippen LogP contribution in [0.4, 0.5) is 10.5 Å². The number of aromatic nitrogens is 3. The van der Waals surface area contributed by atoms with Crippen molar-refractivity contribution in [2.45, 2.75) is 129 Å². The number of fused-ring (bicyclic) bond motifs is 1. The van der Waals surface area contributed by atoms with Crippen LogP contribution in [0.15, 0.2) is 30.5 Å². The first-order chi connectivity index (χ1) is 23.7. The highest BCUT2D eigenvalue weighted by Crippen LogP contribution is 2.41. The minimum Gasteiger partial charge on any atom is -0.458 e. The summed E-state index contributed by atoms with van der Waals surface area (Å²) >= 11 is 0. The summed E-state index contributed by atoms with van der Waals surface area (Å²) in [5, 5.41) is 12.4. The summed E-state index contributed by atoms with van der Waals surface area (Å²) < 4.78 is 20.3. The van der Waals surface area contributed by atoms with E-state index in [0.29, 0.717) is 44.6 Å². The molecule has 0 saturated carbocycles. The molecule has 3 heterocycles. The van der Waals surface area contributed by atoms with Crippen molar-refractivity contribution in [2.75, 3.05) is 25.9 Å². The number of esters is 1. The van der Waals surface area contributed by atoms with Crippen LogP contribution in [0, 0.1) is 17.8 Å². The molecule has 12 nitrogen and oxygen atoms in total. The van der Waals surface area contributed by atoms with Crippen molar-refractivity contribution in [3.8, 4) is 11.3 Å². The molecule has 9 atom stereocenters. The van der Waals surface area contributed by atoms with Gasteiger partial charge in [-0.15, -0.1) is 5.10 Å². The number of nitrogens with one attached hydrogen (secondary N) is 1. The minimum absolute atomic E-state index is 0.128. The van der Waals surface area contributed by atoms with Crippen LogP contribution in [0.2, 0.25) is 5.82 Å². The molecule has 3 N–H and O–H groups in total. The molecule has 2 fully saturated rings. The van der Waals surface area contributed by atoms with Crippen LogP contribution in [-0.4, -0.2) is 95.2 Å². The molecule has 0 unspecified atom stereocenters. The number of cyclic esters (lactones) is 1. The maximum Gasteiger partial charge on any atom is 0.410 e. The summed E-state index contributed by atoms with van der Waals surface area (Å²) in [4.78, 5) is 43.0. The zero-order chi connectivity index (χ0) is 36.8. The highest BCUT2D eigenvalue weighted by atomic mass is 16.6. The van der Waals surface area contributed by atoms with Gasteiger partial charge in [-0.05, 0) is 83.3 Å². The Morgan fingerprint density at radius 2 is 1.84 bits per heavy atom. The van der Waals surface area contributed by atoms with E-state index < -0.39 is 47.2 Å². The number of nitrogens with two attached hydrogens (primary N) is 1. The van der Waals surface area contributed by atoms with Gasteiger partial charge in [-0.3, -0.25) is 19.2 Å². The number of carbonyl (C=O) groups excluding carboxylic acids is 3. The van der Waals surface area contributed by atoms with E-state index in [2.05, 4.69) is 36.4 Å². The zero-order valence-electron chi connectivity index (χ0n) is 31.6. The Labute approximate surface area is 298 Å². The molecule has 0 spiro atoms. The van der Waals surface area contributed by atoms with Gasteiger partial charge < -0.3 is 25.3 Å². The van der Waals surface area contributed by atoms with Gasteiger partial charge >= 0.3 is 12.1 Å². The lowest BCUT2D eigenvalue weighted by atomic mass is 9.62. The summed E-state index contributed by atoms with van der Waals surface area (Å²) in [6, 6.07) is 7.01. The van der Waals surface area contributed by atoms with Crippen LogP contribution in [0.3, 0.4) is 0 Å². The van der Waals surface area contributed by atoms with Crippen LogP contribution in [0.1, 0.15) is 87.0 Å². The number of hydrogen-bond acceptors (Lipinski definition) is 10. The van der Waals surface area contributed by atoms with E-state index in [4.69, 9.17) is 19.9 Å². The molecule has 0 bridgehead atoms. The number of ether oxygens (including phenoxy) is 3. The first-order valence-corrected chi connectivity index (χ1v) is 18.5. The third-order valence-corrected chi connectivity index (χ3v) is 11.4. The molecule has 276 valence electrons. The van der Waals surface area contributed by atoms with Gasteiger partial charge in [0.2, 0.25) is 0 Å². The summed E-state index contributed by atoms with van der Waals surface area (Å²) in [5.74, 6) is -2.10. The lowest BCUT2D eigenvalue weighted by Crippen LogP contribution is -2.61. The second kappa shape index (κ2) is 16.7. The highest BCUT2D eigenvalue weighted by molar-refractivity contribution is 6.15. The van der Waals surface area contributed by atoms with Gasteiger partial charge in [0.05, 0.1) is 17.8 Å². The average molecular weight is 695 g/mol. The van der Waals surface area contributed by atoms with Gasteiger partial charge in [0.25, 0.3) is 0 Å². The number of anilines is 1. The van der Waals surface area contributed by atoms with Crippen molar-refractivity contribution < 1.29 is 28.6 Å². The minimum atomic E-state index is -1.14. The Balaban J connectivity index is 1.59. The third-order valence-electron chi connectivity index (χ3n) is 11.4. The van der Waals surface area contributed by atoms with E-state index in [1.807, 2.05) is 68.7 Å². The SMILES string of the molecule is B[C@@H]1[C@@H](C)C(=O)[C@@H](C)C(=O)O[C@H](CC)[C@@]2(C)OC(=O)N(CCCCn3cc(-c4cccc(N)c4)nn3)[C@@H]2[C@@H](CCC)NC[C@H](C)C[C@@]1(C)OC. The van der Waals surface area contributed by atoms with Gasteiger partial charge in [0, 0.05) is 43.4 Å². The molecular formula is C37H59BN6O6. The molecule has 13 heteroatoms. The Morgan fingerprint density at radius 1 is 1.12 bits per heavy atom. The number of nitrogens with zero attached hydrogens (tertiary/aromatic N) is 4.